The molecule has 0 fully saturated rings. The summed E-state index contributed by atoms with van der Waals surface area (Å²) < 4.78 is 42.0. The van der Waals surface area contributed by atoms with Gasteiger partial charge in [0.2, 0.25) is 10.0 Å². The fourth-order valence-electron chi connectivity index (χ4n) is 2.27. The van der Waals surface area contributed by atoms with Crippen LogP contribution >= 0.6 is 0 Å². The topological polar surface area (TPSA) is 125 Å². The highest BCUT2D eigenvalue weighted by Gasteiger charge is 2.45. The van der Waals surface area contributed by atoms with Gasteiger partial charge in [0.1, 0.15) is 6.04 Å². The summed E-state index contributed by atoms with van der Waals surface area (Å²) in [6.07, 6.45) is 0. The Hall–Kier alpha value is -2.46. The van der Waals surface area contributed by atoms with E-state index in [-0.39, 0.29) is 24.7 Å². The molecule has 1 aromatic rings. The smallest absolute Gasteiger partial charge is 0.325 e. The Bertz CT molecular complexity index is 770. The highest BCUT2D eigenvalue weighted by Crippen LogP contribution is 2.17. The molecule has 0 heterocycles. The van der Waals surface area contributed by atoms with Gasteiger partial charge in [0.25, 0.3) is 0 Å². The number of ether oxygens (including phenoxy) is 3. The van der Waals surface area contributed by atoms with E-state index in [2.05, 4.69) is 4.72 Å². The Kier molecular flexibility index (Phi) is 9.07. The number of nitrogens with one attached hydrogen (secondary N) is 1. The van der Waals surface area contributed by atoms with Crippen LogP contribution in [0.5, 0.6) is 0 Å². The molecule has 28 heavy (non-hydrogen) atoms. The second-order valence-corrected chi connectivity index (χ2v) is 7.36. The standard InChI is InChI=1S/C18H25NO8S/c1-5-25-16(20)14(17(21)26-6-2)15(18(22)27-7-3)19-28(23,24)13-10-8-12(4)9-11-13/h8-11,14-15,19H,5-7H2,1-4H3/t15-/m1/s1. The summed E-state index contributed by atoms with van der Waals surface area (Å²) in [5, 5.41) is 0. The van der Waals surface area contributed by atoms with Crippen molar-refractivity contribution in [1.29, 1.82) is 0 Å². The van der Waals surface area contributed by atoms with Crippen LogP contribution < -0.4 is 4.72 Å². The lowest BCUT2D eigenvalue weighted by Crippen LogP contribution is -2.52. The third-order valence-corrected chi connectivity index (χ3v) is 5.03. The van der Waals surface area contributed by atoms with Crippen molar-refractivity contribution in [3.05, 3.63) is 29.8 Å². The Balaban J connectivity index is 3.34. The van der Waals surface area contributed by atoms with Gasteiger partial charge in [-0.3, -0.25) is 14.4 Å². The van der Waals surface area contributed by atoms with E-state index < -0.39 is 39.9 Å². The van der Waals surface area contributed by atoms with Crippen molar-refractivity contribution in [2.45, 2.75) is 38.6 Å². The zero-order valence-electron chi connectivity index (χ0n) is 16.3. The first-order chi connectivity index (χ1) is 13.2. The molecule has 156 valence electrons. The predicted molar refractivity (Wildman–Crippen MR) is 98.7 cm³/mol. The molecule has 0 aromatic heterocycles. The summed E-state index contributed by atoms with van der Waals surface area (Å²) in [5.41, 5.74) is 0.830. The number of hydrogen-bond donors (Lipinski definition) is 1. The highest BCUT2D eigenvalue weighted by molar-refractivity contribution is 7.89. The van der Waals surface area contributed by atoms with E-state index in [4.69, 9.17) is 14.2 Å². The van der Waals surface area contributed by atoms with Gasteiger partial charge in [0.05, 0.1) is 24.7 Å². The molecule has 0 aliphatic heterocycles. The third-order valence-electron chi connectivity index (χ3n) is 3.57. The molecule has 0 amide bonds. The van der Waals surface area contributed by atoms with Crippen LogP contribution in [0.4, 0.5) is 0 Å². The van der Waals surface area contributed by atoms with Gasteiger partial charge in [-0.2, -0.15) is 4.72 Å². The molecule has 9 nitrogen and oxygen atoms in total. The average Bonchev–Trinajstić information content (AvgIpc) is 2.62. The lowest BCUT2D eigenvalue weighted by molar-refractivity contribution is -0.168. The molecule has 0 saturated heterocycles. The van der Waals surface area contributed by atoms with Crippen LogP contribution in [0.2, 0.25) is 0 Å². The molecule has 1 N–H and O–H groups in total. The summed E-state index contributed by atoms with van der Waals surface area (Å²) in [7, 11) is -4.25. The van der Waals surface area contributed by atoms with Crippen molar-refractivity contribution >= 4 is 27.9 Å². The predicted octanol–water partition coefficient (Wildman–Crippen LogP) is 0.947. The Morgan fingerprint density at radius 3 is 1.71 bits per heavy atom. The summed E-state index contributed by atoms with van der Waals surface area (Å²) >= 11 is 0. The van der Waals surface area contributed by atoms with E-state index in [0.717, 1.165) is 5.56 Å². The average molecular weight is 415 g/mol. The largest absolute Gasteiger partial charge is 0.465 e. The number of aryl methyl sites for hydroxylation is 1. The van der Waals surface area contributed by atoms with Gasteiger partial charge < -0.3 is 14.2 Å². The van der Waals surface area contributed by atoms with Crippen LogP contribution in [0.3, 0.4) is 0 Å². The van der Waals surface area contributed by atoms with Crippen molar-refractivity contribution < 1.29 is 37.0 Å². The summed E-state index contributed by atoms with van der Waals surface area (Å²) in [6.45, 7) is 6.08. The van der Waals surface area contributed by atoms with Crippen LogP contribution in [0.15, 0.2) is 29.2 Å². The zero-order valence-corrected chi connectivity index (χ0v) is 17.1. The molecule has 0 spiro atoms. The normalized spacial score (nSPS) is 12.3. The molecule has 1 atom stereocenters. The Labute approximate surface area is 164 Å². The summed E-state index contributed by atoms with van der Waals surface area (Å²) in [6, 6.07) is 3.97. The molecule has 0 unspecified atom stereocenters. The van der Waals surface area contributed by atoms with E-state index in [9.17, 15) is 22.8 Å². The van der Waals surface area contributed by atoms with Crippen molar-refractivity contribution in [3.63, 3.8) is 0 Å². The minimum Gasteiger partial charge on any atom is -0.465 e. The maximum atomic E-state index is 12.7. The number of sulfonamides is 1. The minimum atomic E-state index is -4.25. The van der Waals surface area contributed by atoms with E-state index in [1.54, 1.807) is 19.1 Å². The molecule has 0 aliphatic rings. The summed E-state index contributed by atoms with van der Waals surface area (Å²) in [4.78, 5) is 36.9. The maximum absolute atomic E-state index is 12.7. The quantitative estimate of drug-likeness (QED) is 0.340. The van der Waals surface area contributed by atoms with Crippen LogP contribution in [0.25, 0.3) is 0 Å². The Morgan fingerprint density at radius 1 is 0.857 bits per heavy atom. The lowest BCUT2D eigenvalue weighted by atomic mass is 10.0. The van der Waals surface area contributed by atoms with Gasteiger partial charge in [-0.05, 0) is 39.8 Å². The van der Waals surface area contributed by atoms with Crippen LogP contribution in [0, 0.1) is 12.8 Å². The van der Waals surface area contributed by atoms with Crippen molar-refractivity contribution in [2.24, 2.45) is 5.92 Å². The van der Waals surface area contributed by atoms with E-state index >= 15 is 0 Å². The highest BCUT2D eigenvalue weighted by atomic mass is 32.2. The molecular weight excluding hydrogens is 390 g/mol. The Morgan fingerprint density at radius 2 is 1.29 bits per heavy atom. The number of esters is 3. The van der Waals surface area contributed by atoms with Gasteiger partial charge >= 0.3 is 17.9 Å². The number of rotatable bonds is 10. The SMILES string of the molecule is CCOC(=O)C(C(=O)OCC)[C@@H](NS(=O)(=O)c1ccc(C)cc1)C(=O)OCC. The monoisotopic (exact) mass is 415 g/mol. The third kappa shape index (κ3) is 6.31. The van der Waals surface area contributed by atoms with Crippen molar-refractivity contribution in [1.82, 2.24) is 4.72 Å². The molecule has 0 saturated carbocycles. The minimum absolute atomic E-state index is 0.0744. The van der Waals surface area contributed by atoms with Gasteiger partial charge in [0.15, 0.2) is 5.92 Å². The van der Waals surface area contributed by atoms with Gasteiger partial charge in [-0.15, -0.1) is 0 Å². The summed E-state index contributed by atoms with van der Waals surface area (Å²) in [5.74, 6) is -5.13. The second kappa shape index (κ2) is 10.8. The van der Waals surface area contributed by atoms with Crippen LogP contribution in [0.1, 0.15) is 26.3 Å². The van der Waals surface area contributed by atoms with Gasteiger partial charge in [0, 0.05) is 0 Å². The molecule has 0 bridgehead atoms. The molecular formula is C18H25NO8S. The fraction of sp³-hybridized carbons (Fsp3) is 0.500. The first-order valence-corrected chi connectivity index (χ1v) is 10.2. The molecule has 0 aliphatic carbocycles. The zero-order chi connectivity index (χ0) is 21.3. The molecule has 1 rings (SSSR count). The van der Waals surface area contributed by atoms with Gasteiger partial charge in [-0.25, -0.2) is 8.42 Å². The first kappa shape index (κ1) is 23.6. The number of carbonyl (C=O) groups excluding carboxylic acids is 3. The maximum Gasteiger partial charge on any atom is 0.325 e. The van der Waals surface area contributed by atoms with Crippen molar-refractivity contribution in [2.75, 3.05) is 19.8 Å². The van der Waals surface area contributed by atoms with E-state index in [1.165, 1.54) is 32.9 Å². The van der Waals surface area contributed by atoms with Crippen LogP contribution in [-0.2, 0) is 38.6 Å². The number of benzene rings is 1. The first-order valence-electron chi connectivity index (χ1n) is 8.76. The van der Waals surface area contributed by atoms with E-state index in [1.807, 2.05) is 0 Å². The van der Waals surface area contributed by atoms with Gasteiger partial charge in [-0.1, -0.05) is 17.7 Å². The lowest BCUT2D eigenvalue weighted by Gasteiger charge is -2.23. The molecule has 10 heteroatoms. The van der Waals surface area contributed by atoms with E-state index in [0.29, 0.717) is 0 Å². The second-order valence-electron chi connectivity index (χ2n) is 5.65. The molecule has 1 aromatic carbocycles. The molecule has 0 radical (unpaired) electrons. The van der Waals surface area contributed by atoms with Crippen molar-refractivity contribution in [3.8, 4) is 0 Å². The van der Waals surface area contributed by atoms with Crippen LogP contribution in [-0.4, -0.2) is 52.2 Å². The number of carbonyl (C=O) groups is 3. The number of hydrogen-bond acceptors (Lipinski definition) is 8. The fourth-order valence-corrected chi connectivity index (χ4v) is 3.47.